The summed E-state index contributed by atoms with van der Waals surface area (Å²) in [5.74, 6) is -0.781. The lowest BCUT2D eigenvalue weighted by Crippen LogP contribution is -2.05. The molecular weight excluding hydrogens is 246 g/mol. The Morgan fingerprint density at radius 1 is 1.37 bits per heavy atom. The minimum absolute atomic E-state index is 0.152. The van der Waals surface area contributed by atoms with E-state index in [1.165, 1.54) is 13.2 Å². The zero-order valence-electron chi connectivity index (χ0n) is 11.0. The maximum Gasteiger partial charge on any atom is 0.338 e. The van der Waals surface area contributed by atoms with Gasteiger partial charge in [-0.25, -0.2) is 4.79 Å². The molecule has 0 saturated carbocycles. The van der Waals surface area contributed by atoms with Crippen LogP contribution in [0.2, 0.25) is 0 Å². The van der Waals surface area contributed by atoms with Crippen LogP contribution in [-0.4, -0.2) is 25.7 Å². The molecule has 2 N–H and O–H groups in total. The number of benzene rings is 1. The maximum absolute atomic E-state index is 11.6. The van der Waals surface area contributed by atoms with Crippen LogP contribution in [0.1, 0.15) is 29.3 Å². The van der Waals surface area contributed by atoms with E-state index in [2.05, 4.69) is 4.74 Å². The predicted molar refractivity (Wildman–Crippen MR) is 72.5 cm³/mol. The lowest BCUT2D eigenvalue weighted by molar-refractivity contribution is -0.142. The first-order valence-corrected chi connectivity index (χ1v) is 5.88. The van der Waals surface area contributed by atoms with E-state index in [9.17, 15) is 9.59 Å². The molecular formula is C14H17NO4. The van der Waals surface area contributed by atoms with Gasteiger partial charge in [0.25, 0.3) is 0 Å². The molecule has 0 aliphatic carbocycles. The van der Waals surface area contributed by atoms with Gasteiger partial charge in [-0.3, -0.25) is 4.79 Å². The van der Waals surface area contributed by atoms with Crippen LogP contribution in [0.15, 0.2) is 24.3 Å². The number of esters is 2. The zero-order valence-corrected chi connectivity index (χ0v) is 11.0. The molecule has 1 aromatic carbocycles. The predicted octanol–water partition coefficient (Wildman–Crippen LogP) is 2.02. The van der Waals surface area contributed by atoms with E-state index in [-0.39, 0.29) is 12.4 Å². The van der Waals surface area contributed by atoms with Crippen molar-refractivity contribution in [1.82, 2.24) is 0 Å². The minimum Gasteiger partial charge on any atom is -0.466 e. The smallest absolute Gasteiger partial charge is 0.338 e. The summed E-state index contributed by atoms with van der Waals surface area (Å²) in [5.41, 5.74) is 7.11. The molecule has 1 rings (SSSR count). The lowest BCUT2D eigenvalue weighted by atomic mass is 10.1. The summed E-state index contributed by atoms with van der Waals surface area (Å²) < 4.78 is 9.47. The van der Waals surface area contributed by atoms with Crippen LogP contribution in [0.25, 0.3) is 6.08 Å². The van der Waals surface area contributed by atoms with Crippen LogP contribution in [0, 0.1) is 0 Å². The minimum atomic E-state index is -0.469. The molecule has 0 spiro atoms. The van der Waals surface area contributed by atoms with E-state index >= 15 is 0 Å². The third kappa shape index (κ3) is 4.46. The van der Waals surface area contributed by atoms with Gasteiger partial charge in [0.15, 0.2) is 0 Å². The Labute approximate surface area is 112 Å². The number of hydrogen-bond donors (Lipinski definition) is 1. The Kier molecular flexibility index (Phi) is 5.60. The monoisotopic (exact) mass is 263 g/mol. The molecule has 1 aromatic rings. The summed E-state index contributed by atoms with van der Waals surface area (Å²) in [4.78, 5) is 22.8. The van der Waals surface area contributed by atoms with Crippen LogP contribution >= 0.6 is 0 Å². The topological polar surface area (TPSA) is 78.6 Å². The molecule has 0 bridgehead atoms. The fourth-order valence-corrected chi connectivity index (χ4v) is 1.51. The molecule has 0 aliphatic heterocycles. The molecule has 0 unspecified atom stereocenters. The summed E-state index contributed by atoms with van der Waals surface area (Å²) in [6.07, 6.45) is 3.46. The average Bonchev–Trinajstić information content (AvgIpc) is 2.39. The van der Waals surface area contributed by atoms with Crippen molar-refractivity contribution < 1.29 is 19.1 Å². The zero-order chi connectivity index (χ0) is 14.3. The van der Waals surface area contributed by atoms with Crippen molar-refractivity contribution >= 4 is 23.7 Å². The van der Waals surface area contributed by atoms with E-state index in [0.717, 1.165) is 0 Å². The Morgan fingerprint density at radius 2 is 2.11 bits per heavy atom. The maximum atomic E-state index is 11.6. The molecule has 0 atom stereocenters. The largest absolute Gasteiger partial charge is 0.466 e. The van der Waals surface area contributed by atoms with Crippen molar-refractivity contribution in [1.29, 1.82) is 0 Å². The molecule has 0 aliphatic rings. The van der Waals surface area contributed by atoms with E-state index in [4.69, 9.17) is 10.5 Å². The molecule has 0 saturated heterocycles. The fourth-order valence-electron chi connectivity index (χ4n) is 1.51. The summed E-state index contributed by atoms with van der Waals surface area (Å²) in [5, 5.41) is 0. The number of methoxy groups -OCH3 is 1. The summed E-state index contributed by atoms with van der Waals surface area (Å²) in [6.45, 7) is 2.10. The van der Waals surface area contributed by atoms with Gasteiger partial charge >= 0.3 is 11.9 Å². The van der Waals surface area contributed by atoms with Crippen LogP contribution in [0.4, 0.5) is 5.69 Å². The molecule has 0 aromatic heterocycles. The number of carbonyl (C=O) groups is 2. The molecule has 102 valence electrons. The van der Waals surface area contributed by atoms with Gasteiger partial charge in [0.1, 0.15) is 0 Å². The van der Waals surface area contributed by atoms with Gasteiger partial charge in [-0.2, -0.15) is 0 Å². The number of rotatable bonds is 5. The second kappa shape index (κ2) is 7.20. The highest BCUT2D eigenvalue weighted by atomic mass is 16.5. The van der Waals surface area contributed by atoms with E-state index < -0.39 is 5.97 Å². The summed E-state index contributed by atoms with van der Waals surface area (Å²) in [7, 11) is 1.30. The highest BCUT2D eigenvalue weighted by molar-refractivity contribution is 5.94. The van der Waals surface area contributed by atoms with Gasteiger partial charge in [-0.15, -0.1) is 0 Å². The highest BCUT2D eigenvalue weighted by Gasteiger charge is 2.10. The van der Waals surface area contributed by atoms with E-state index in [1.54, 1.807) is 31.2 Å². The number of nitrogens with two attached hydrogens (primary N) is 1. The first kappa shape index (κ1) is 14.8. The Balaban J connectivity index is 2.85. The second-order valence-electron chi connectivity index (χ2n) is 3.75. The second-order valence-corrected chi connectivity index (χ2v) is 3.75. The molecule has 5 heteroatoms. The third-order valence-corrected chi connectivity index (χ3v) is 2.37. The lowest BCUT2D eigenvalue weighted by Gasteiger charge is -2.05. The first-order chi connectivity index (χ1) is 9.08. The van der Waals surface area contributed by atoms with Crippen molar-refractivity contribution in [3.8, 4) is 0 Å². The van der Waals surface area contributed by atoms with Gasteiger partial charge in [0.05, 0.1) is 25.7 Å². The van der Waals surface area contributed by atoms with Crippen LogP contribution in [0.3, 0.4) is 0 Å². The molecule has 19 heavy (non-hydrogen) atoms. The van der Waals surface area contributed by atoms with Gasteiger partial charge in [-0.1, -0.05) is 18.2 Å². The van der Waals surface area contributed by atoms with Crippen molar-refractivity contribution in [2.75, 3.05) is 19.5 Å². The van der Waals surface area contributed by atoms with E-state index in [1.807, 2.05) is 0 Å². The molecule has 0 heterocycles. The molecule has 0 fully saturated rings. The Bertz CT molecular complexity index is 494. The fraction of sp³-hybridized carbons (Fsp3) is 0.286. The normalized spacial score (nSPS) is 10.4. The van der Waals surface area contributed by atoms with Gasteiger partial charge in [-0.05, 0) is 24.6 Å². The number of anilines is 1. The number of ether oxygens (including phenoxy) is 2. The van der Waals surface area contributed by atoms with Gasteiger partial charge in [0, 0.05) is 5.69 Å². The van der Waals surface area contributed by atoms with E-state index in [0.29, 0.717) is 23.4 Å². The summed E-state index contributed by atoms with van der Waals surface area (Å²) >= 11 is 0. The van der Waals surface area contributed by atoms with Crippen LogP contribution in [0.5, 0.6) is 0 Å². The molecule has 0 radical (unpaired) electrons. The Hall–Kier alpha value is -2.30. The standard InChI is InChI=1S/C14H17NO4/c1-3-19-13(16)6-4-5-10-7-8-11(15)9-12(10)14(17)18-2/h4-5,7-9H,3,6,15H2,1-2H3. The van der Waals surface area contributed by atoms with Crippen molar-refractivity contribution in [3.63, 3.8) is 0 Å². The number of nitrogen functional groups attached to an aromatic ring is 1. The quantitative estimate of drug-likeness (QED) is 0.649. The van der Waals surface area contributed by atoms with Crippen LogP contribution < -0.4 is 5.73 Å². The molecule has 0 amide bonds. The van der Waals surface area contributed by atoms with Crippen LogP contribution in [-0.2, 0) is 14.3 Å². The van der Waals surface area contributed by atoms with Crippen molar-refractivity contribution in [3.05, 3.63) is 35.4 Å². The Morgan fingerprint density at radius 3 is 2.74 bits per heavy atom. The molecule has 5 nitrogen and oxygen atoms in total. The van der Waals surface area contributed by atoms with Crippen molar-refractivity contribution in [2.45, 2.75) is 13.3 Å². The van der Waals surface area contributed by atoms with Gasteiger partial charge < -0.3 is 15.2 Å². The third-order valence-electron chi connectivity index (χ3n) is 2.37. The first-order valence-electron chi connectivity index (χ1n) is 5.88. The van der Waals surface area contributed by atoms with Gasteiger partial charge in [0.2, 0.25) is 0 Å². The van der Waals surface area contributed by atoms with Crippen molar-refractivity contribution in [2.24, 2.45) is 0 Å². The highest BCUT2D eigenvalue weighted by Crippen LogP contribution is 2.16. The number of carbonyl (C=O) groups excluding carboxylic acids is 2. The summed E-state index contributed by atoms with van der Waals surface area (Å²) in [6, 6.07) is 4.91. The SMILES string of the molecule is CCOC(=O)CC=Cc1ccc(N)cc1C(=O)OC. The average molecular weight is 263 g/mol. The number of hydrogen-bond acceptors (Lipinski definition) is 5.